The Balaban J connectivity index is 1.43. The Morgan fingerprint density at radius 2 is 0.941 bits per heavy atom. The zero-order valence-electron chi connectivity index (χ0n) is 18.1. The van der Waals surface area contributed by atoms with Crippen LogP contribution in [-0.4, -0.2) is 0 Å². The molecule has 1 nitrogen and oxygen atoms in total. The summed E-state index contributed by atoms with van der Waals surface area (Å²) < 4.78 is 5.13. The summed E-state index contributed by atoms with van der Waals surface area (Å²) in [6, 6.07) is 38.9. The summed E-state index contributed by atoms with van der Waals surface area (Å²) in [5.74, 6) is 0. The molecule has 0 amide bonds. The van der Waals surface area contributed by atoms with Crippen molar-refractivity contribution >= 4 is 63.0 Å². The minimum Gasteiger partial charge on any atom is -0.192 e. The van der Waals surface area contributed by atoms with Gasteiger partial charge in [-0.3, -0.25) is 0 Å². The highest BCUT2D eigenvalue weighted by Crippen LogP contribution is 2.40. The lowest BCUT2D eigenvalue weighted by molar-refractivity contribution is 1.48. The fourth-order valence-electron chi connectivity index (χ4n) is 4.94. The van der Waals surface area contributed by atoms with Crippen molar-refractivity contribution in [1.29, 1.82) is 5.26 Å². The van der Waals surface area contributed by atoms with Gasteiger partial charge in [0.1, 0.15) is 6.07 Å². The molecule has 3 heteroatoms. The molecule has 0 bridgehead atoms. The second-order valence-corrected chi connectivity index (χ2v) is 10.6. The van der Waals surface area contributed by atoms with Crippen molar-refractivity contribution in [2.24, 2.45) is 0 Å². The van der Waals surface area contributed by atoms with E-state index >= 15 is 0 Å². The van der Waals surface area contributed by atoms with Crippen LogP contribution in [0.5, 0.6) is 0 Å². The molecule has 7 rings (SSSR count). The average Bonchev–Trinajstić information content (AvgIpc) is 3.45. The summed E-state index contributed by atoms with van der Waals surface area (Å²) in [4.78, 5) is 0. The highest BCUT2D eigenvalue weighted by Gasteiger charge is 2.15. The molecule has 0 unspecified atom stereocenters. The minimum atomic E-state index is 0.722. The third-order valence-electron chi connectivity index (χ3n) is 6.55. The molecule has 2 heterocycles. The molecule has 158 valence electrons. The second kappa shape index (κ2) is 7.53. The number of benzene rings is 5. The molecule has 0 fully saturated rings. The maximum Gasteiger partial charge on any atom is 0.100 e. The van der Waals surface area contributed by atoms with Crippen molar-refractivity contribution in [2.75, 3.05) is 0 Å². The van der Waals surface area contributed by atoms with Gasteiger partial charge >= 0.3 is 0 Å². The molecular weight excluding hydrogens is 450 g/mol. The van der Waals surface area contributed by atoms with Gasteiger partial charge < -0.3 is 0 Å². The smallest absolute Gasteiger partial charge is 0.100 e. The molecule has 0 N–H and O–H groups in total. The topological polar surface area (TPSA) is 23.8 Å². The molecule has 34 heavy (non-hydrogen) atoms. The van der Waals surface area contributed by atoms with Gasteiger partial charge in [-0.15, -0.1) is 22.7 Å². The predicted octanol–water partition coefficient (Wildman–Crippen LogP) is 9.63. The minimum absolute atomic E-state index is 0.722. The van der Waals surface area contributed by atoms with Crippen LogP contribution in [0, 0.1) is 11.3 Å². The lowest BCUT2D eigenvalue weighted by Crippen LogP contribution is -1.90. The summed E-state index contributed by atoms with van der Waals surface area (Å²) in [5.41, 5.74) is 4.84. The molecule has 0 saturated carbocycles. The average molecular weight is 468 g/mol. The van der Waals surface area contributed by atoms with Crippen molar-refractivity contribution in [1.82, 2.24) is 0 Å². The van der Waals surface area contributed by atoms with Gasteiger partial charge in [-0.25, -0.2) is 0 Å². The summed E-state index contributed by atoms with van der Waals surface area (Å²) in [6.07, 6.45) is 0. The van der Waals surface area contributed by atoms with E-state index in [4.69, 9.17) is 0 Å². The monoisotopic (exact) mass is 467 g/mol. The van der Waals surface area contributed by atoms with Crippen molar-refractivity contribution in [3.05, 3.63) is 109 Å². The summed E-state index contributed by atoms with van der Waals surface area (Å²) in [6.45, 7) is 0. The highest BCUT2D eigenvalue weighted by atomic mass is 32.1. The Morgan fingerprint density at radius 1 is 0.471 bits per heavy atom. The fraction of sp³-hybridized carbons (Fsp3) is 0. The number of fused-ring (bicyclic) bond motifs is 6. The van der Waals surface area contributed by atoms with Crippen LogP contribution in [0.2, 0.25) is 0 Å². The third kappa shape index (κ3) is 2.90. The lowest BCUT2D eigenvalue weighted by Gasteiger charge is -2.11. The van der Waals surface area contributed by atoms with Crippen LogP contribution >= 0.6 is 22.7 Å². The number of hydrogen-bond acceptors (Lipinski definition) is 3. The maximum atomic E-state index is 10.3. The van der Waals surface area contributed by atoms with Gasteiger partial charge in [0, 0.05) is 51.5 Å². The van der Waals surface area contributed by atoms with E-state index in [1.807, 2.05) is 22.7 Å². The summed E-state index contributed by atoms with van der Waals surface area (Å²) in [5, 5.41) is 15.3. The van der Waals surface area contributed by atoms with Gasteiger partial charge in [-0.2, -0.15) is 5.26 Å². The number of nitrogens with zero attached hydrogens (tertiary/aromatic N) is 1. The first kappa shape index (κ1) is 19.5. The zero-order valence-corrected chi connectivity index (χ0v) is 19.7. The van der Waals surface area contributed by atoms with Crippen LogP contribution in [0.3, 0.4) is 0 Å². The van der Waals surface area contributed by atoms with Gasteiger partial charge in [0.05, 0.1) is 5.56 Å². The van der Waals surface area contributed by atoms with Gasteiger partial charge in [0.2, 0.25) is 0 Å². The SMILES string of the molecule is N#Cc1c(-c2ccc3sc4ccccc4c3c2)cccc1-c1ccc2sc3ccccc3c2c1. The molecule has 7 aromatic rings. The first-order chi connectivity index (χ1) is 16.8. The van der Waals surface area contributed by atoms with Gasteiger partial charge in [-0.1, -0.05) is 66.7 Å². The molecule has 0 aliphatic carbocycles. The quantitative estimate of drug-likeness (QED) is 0.248. The lowest BCUT2D eigenvalue weighted by atomic mass is 9.91. The molecule has 5 aromatic carbocycles. The number of rotatable bonds is 2. The van der Waals surface area contributed by atoms with E-state index in [1.165, 1.54) is 40.3 Å². The summed E-state index contributed by atoms with van der Waals surface area (Å²) in [7, 11) is 0. The Morgan fingerprint density at radius 3 is 1.44 bits per heavy atom. The van der Waals surface area contributed by atoms with Crippen LogP contribution in [0.25, 0.3) is 62.6 Å². The molecule has 0 saturated heterocycles. The first-order valence-electron chi connectivity index (χ1n) is 11.2. The number of thiophene rings is 2. The van der Waals surface area contributed by atoms with Crippen molar-refractivity contribution in [3.8, 4) is 28.3 Å². The van der Waals surface area contributed by atoms with Crippen LogP contribution in [0.15, 0.2) is 103 Å². The van der Waals surface area contributed by atoms with Crippen LogP contribution in [-0.2, 0) is 0 Å². The Labute approximate surface area is 204 Å². The molecule has 0 radical (unpaired) electrons. The van der Waals surface area contributed by atoms with E-state index in [1.54, 1.807) is 0 Å². The van der Waals surface area contributed by atoms with Crippen LogP contribution < -0.4 is 0 Å². The third-order valence-corrected chi connectivity index (χ3v) is 8.86. The van der Waals surface area contributed by atoms with Crippen LogP contribution in [0.1, 0.15) is 5.56 Å². The fourth-order valence-corrected chi connectivity index (χ4v) is 7.11. The Hall–Kier alpha value is -3.97. The van der Waals surface area contributed by atoms with Crippen molar-refractivity contribution in [2.45, 2.75) is 0 Å². The Kier molecular flexibility index (Phi) is 4.32. The van der Waals surface area contributed by atoms with E-state index in [9.17, 15) is 5.26 Å². The Bertz CT molecular complexity index is 1800. The van der Waals surface area contributed by atoms with Crippen LogP contribution in [0.4, 0.5) is 0 Å². The van der Waals surface area contributed by atoms with Crippen molar-refractivity contribution < 1.29 is 0 Å². The van der Waals surface area contributed by atoms with E-state index in [-0.39, 0.29) is 0 Å². The maximum absolute atomic E-state index is 10.3. The summed E-state index contributed by atoms with van der Waals surface area (Å²) >= 11 is 3.63. The van der Waals surface area contributed by atoms with Gasteiger partial charge in [-0.05, 0) is 47.5 Å². The number of hydrogen-bond donors (Lipinski definition) is 0. The molecule has 0 atom stereocenters. The number of nitriles is 1. The molecule has 0 aliphatic rings. The highest BCUT2D eigenvalue weighted by molar-refractivity contribution is 7.26. The second-order valence-electron chi connectivity index (χ2n) is 8.46. The molecule has 0 aliphatic heterocycles. The molecule has 0 spiro atoms. The van der Waals surface area contributed by atoms with Gasteiger partial charge in [0.15, 0.2) is 0 Å². The first-order valence-corrected chi connectivity index (χ1v) is 12.8. The zero-order chi connectivity index (χ0) is 22.6. The van der Waals surface area contributed by atoms with Crippen molar-refractivity contribution in [3.63, 3.8) is 0 Å². The standard InChI is InChI=1S/C31H17NS2/c32-18-27-21(19-12-14-30-25(16-19)23-6-1-3-10-28(23)33-30)8-5-9-22(27)20-13-15-31-26(17-20)24-7-2-4-11-29(24)34-31/h1-17H. The normalized spacial score (nSPS) is 11.5. The molecular formula is C31H17NS2. The van der Waals surface area contributed by atoms with Gasteiger partial charge in [0.25, 0.3) is 0 Å². The van der Waals surface area contributed by atoms with E-state index in [0.29, 0.717) is 0 Å². The largest absolute Gasteiger partial charge is 0.192 e. The molecule has 2 aromatic heterocycles. The van der Waals surface area contributed by atoms with E-state index in [2.05, 4.69) is 109 Å². The van der Waals surface area contributed by atoms with E-state index < -0.39 is 0 Å². The predicted molar refractivity (Wildman–Crippen MR) is 148 cm³/mol. The van der Waals surface area contributed by atoms with E-state index in [0.717, 1.165) is 27.8 Å².